The summed E-state index contributed by atoms with van der Waals surface area (Å²) in [6.45, 7) is 7.73. The fourth-order valence-corrected chi connectivity index (χ4v) is 4.73. The molecule has 0 spiro atoms. The number of carbonyl (C=O) groups is 1. The van der Waals surface area contributed by atoms with E-state index in [0.29, 0.717) is 11.3 Å². The number of nitrogens with zero attached hydrogens (tertiary/aromatic N) is 1. The lowest BCUT2D eigenvalue weighted by Crippen LogP contribution is -2.27. The fourth-order valence-electron chi connectivity index (χ4n) is 3.48. The molecule has 162 valence electrons. The number of hydrogen-bond acceptors (Lipinski definition) is 3. The van der Waals surface area contributed by atoms with Crippen LogP contribution in [0.15, 0.2) is 65.6 Å². The van der Waals surface area contributed by atoms with Crippen LogP contribution in [0.25, 0.3) is 0 Å². The van der Waals surface area contributed by atoms with Crippen LogP contribution in [0.3, 0.4) is 0 Å². The van der Waals surface area contributed by atoms with Crippen molar-refractivity contribution in [2.45, 2.75) is 39.0 Å². The maximum atomic E-state index is 13.1. The predicted octanol–water partition coefficient (Wildman–Crippen LogP) is 5.25. The van der Waals surface area contributed by atoms with Crippen LogP contribution >= 0.6 is 0 Å². The monoisotopic (exact) mass is 436 g/mol. The van der Waals surface area contributed by atoms with Gasteiger partial charge in [-0.1, -0.05) is 48.9 Å². The third kappa shape index (κ3) is 4.64. The number of rotatable bonds is 6. The van der Waals surface area contributed by atoms with Gasteiger partial charge in [-0.05, 0) is 68.1 Å². The summed E-state index contributed by atoms with van der Waals surface area (Å²) in [5.74, 6) is -0.272. The molecular formula is C25H28N2O3S. The Balaban J connectivity index is 1.95. The van der Waals surface area contributed by atoms with Gasteiger partial charge in [0.2, 0.25) is 0 Å². The summed E-state index contributed by atoms with van der Waals surface area (Å²) in [4.78, 5) is 13.2. The number of amides is 1. The topological polar surface area (TPSA) is 66.5 Å². The molecule has 0 aliphatic heterocycles. The van der Waals surface area contributed by atoms with Crippen LogP contribution in [0, 0.1) is 20.8 Å². The Bertz CT molecular complexity index is 1220. The van der Waals surface area contributed by atoms with E-state index in [1.54, 1.807) is 42.5 Å². The molecule has 3 aromatic carbocycles. The Morgan fingerprint density at radius 1 is 0.935 bits per heavy atom. The maximum absolute atomic E-state index is 13.1. The minimum absolute atomic E-state index is 0.211. The number of aryl methyl sites for hydroxylation is 4. The Kier molecular flexibility index (Phi) is 6.51. The van der Waals surface area contributed by atoms with E-state index < -0.39 is 10.0 Å². The molecule has 6 heteroatoms. The van der Waals surface area contributed by atoms with Gasteiger partial charge in [-0.3, -0.25) is 9.10 Å². The highest BCUT2D eigenvalue weighted by Crippen LogP contribution is 2.28. The van der Waals surface area contributed by atoms with Crippen molar-refractivity contribution in [1.29, 1.82) is 0 Å². The summed E-state index contributed by atoms with van der Waals surface area (Å²) >= 11 is 0. The molecular weight excluding hydrogens is 408 g/mol. The highest BCUT2D eigenvalue weighted by atomic mass is 32.2. The van der Waals surface area contributed by atoms with E-state index in [4.69, 9.17) is 0 Å². The van der Waals surface area contributed by atoms with Crippen LogP contribution in [0.2, 0.25) is 0 Å². The van der Waals surface area contributed by atoms with E-state index in [2.05, 4.69) is 5.32 Å². The number of sulfonamides is 1. The summed E-state index contributed by atoms with van der Waals surface area (Å²) in [6.07, 6.45) is 0.800. The normalized spacial score (nSPS) is 11.3. The van der Waals surface area contributed by atoms with Crippen LogP contribution < -0.4 is 9.62 Å². The highest BCUT2D eigenvalue weighted by Gasteiger charge is 2.23. The van der Waals surface area contributed by atoms with Gasteiger partial charge in [0.15, 0.2) is 0 Å². The first-order valence-corrected chi connectivity index (χ1v) is 11.6. The van der Waals surface area contributed by atoms with Crippen molar-refractivity contribution < 1.29 is 13.2 Å². The number of nitrogens with one attached hydrogen (secondary N) is 1. The van der Waals surface area contributed by atoms with Gasteiger partial charge in [-0.15, -0.1) is 0 Å². The van der Waals surface area contributed by atoms with Gasteiger partial charge >= 0.3 is 0 Å². The molecule has 1 N–H and O–H groups in total. The fraction of sp³-hybridized carbons (Fsp3) is 0.240. The number of para-hydroxylation sites is 1. The van der Waals surface area contributed by atoms with Crippen molar-refractivity contribution in [2.75, 3.05) is 16.7 Å². The summed E-state index contributed by atoms with van der Waals surface area (Å²) < 4.78 is 27.5. The molecule has 0 radical (unpaired) electrons. The van der Waals surface area contributed by atoms with Crippen molar-refractivity contribution in [2.24, 2.45) is 0 Å². The molecule has 31 heavy (non-hydrogen) atoms. The number of anilines is 2. The highest BCUT2D eigenvalue weighted by molar-refractivity contribution is 7.92. The summed E-state index contributed by atoms with van der Waals surface area (Å²) in [6, 6.07) is 17.8. The SMILES string of the molecule is CCc1cccc(C)c1NC(=O)c1ccc(C)c(N(C)S(=O)(=O)c2ccc(C)cc2)c1. The second-order valence-corrected chi connectivity index (χ2v) is 9.67. The minimum Gasteiger partial charge on any atom is -0.321 e. The maximum Gasteiger partial charge on any atom is 0.264 e. The number of carbonyl (C=O) groups excluding carboxylic acids is 1. The van der Waals surface area contributed by atoms with E-state index in [-0.39, 0.29) is 10.8 Å². The van der Waals surface area contributed by atoms with Gasteiger partial charge in [0.1, 0.15) is 0 Å². The average Bonchev–Trinajstić information content (AvgIpc) is 2.75. The second-order valence-electron chi connectivity index (χ2n) is 7.70. The van der Waals surface area contributed by atoms with Crippen LogP contribution in [-0.2, 0) is 16.4 Å². The third-order valence-corrected chi connectivity index (χ3v) is 7.25. The van der Waals surface area contributed by atoms with Crippen LogP contribution in [0.5, 0.6) is 0 Å². The van der Waals surface area contributed by atoms with E-state index in [1.807, 2.05) is 45.9 Å². The van der Waals surface area contributed by atoms with E-state index >= 15 is 0 Å². The summed E-state index contributed by atoms with van der Waals surface area (Å²) in [7, 11) is -2.24. The Morgan fingerprint density at radius 3 is 2.26 bits per heavy atom. The Labute approximate surface area is 184 Å². The molecule has 3 rings (SSSR count). The second kappa shape index (κ2) is 8.94. The molecule has 0 heterocycles. The van der Waals surface area contributed by atoms with E-state index in [1.165, 1.54) is 11.4 Å². The molecule has 0 saturated carbocycles. The molecule has 0 unspecified atom stereocenters. The molecule has 1 amide bonds. The van der Waals surface area contributed by atoms with Crippen molar-refractivity contribution in [3.63, 3.8) is 0 Å². The molecule has 0 fully saturated rings. The van der Waals surface area contributed by atoms with Crippen molar-refractivity contribution in [1.82, 2.24) is 0 Å². The molecule has 0 atom stereocenters. The minimum atomic E-state index is -3.75. The lowest BCUT2D eigenvalue weighted by Gasteiger charge is -2.22. The van der Waals surface area contributed by atoms with Crippen molar-refractivity contribution in [3.8, 4) is 0 Å². The molecule has 0 saturated heterocycles. The van der Waals surface area contributed by atoms with E-state index in [0.717, 1.165) is 34.4 Å². The van der Waals surface area contributed by atoms with Crippen molar-refractivity contribution >= 4 is 27.3 Å². The molecule has 0 bridgehead atoms. The van der Waals surface area contributed by atoms with Crippen LogP contribution in [0.4, 0.5) is 11.4 Å². The Hall–Kier alpha value is -3.12. The zero-order chi connectivity index (χ0) is 22.8. The van der Waals surface area contributed by atoms with Gasteiger partial charge in [-0.2, -0.15) is 0 Å². The summed E-state index contributed by atoms with van der Waals surface area (Å²) in [5, 5.41) is 3.00. The molecule has 5 nitrogen and oxygen atoms in total. The standard InChI is InChI=1S/C25H28N2O3S/c1-6-20-9-7-8-19(4)24(20)26-25(28)21-13-12-18(3)23(16-21)27(5)31(29,30)22-14-10-17(2)11-15-22/h7-16H,6H2,1-5H3,(H,26,28). The predicted molar refractivity (Wildman–Crippen MR) is 126 cm³/mol. The molecule has 0 aromatic heterocycles. The lowest BCUT2D eigenvalue weighted by molar-refractivity contribution is 0.102. The quantitative estimate of drug-likeness (QED) is 0.574. The third-order valence-electron chi connectivity index (χ3n) is 5.47. The van der Waals surface area contributed by atoms with Gasteiger partial charge < -0.3 is 5.32 Å². The van der Waals surface area contributed by atoms with E-state index in [9.17, 15) is 13.2 Å². The van der Waals surface area contributed by atoms with Gasteiger partial charge in [0.25, 0.3) is 15.9 Å². The first-order chi connectivity index (χ1) is 14.6. The molecule has 0 aliphatic rings. The van der Waals surface area contributed by atoms with Gasteiger partial charge in [0.05, 0.1) is 10.6 Å². The van der Waals surface area contributed by atoms with Gasteiger partial charge in [-0.25, -0.2) is 8.42 Å². The van der Waals surface area contributed by atoms with Gasteiger partial charge in [0, 0.05) is 18.3 Å². The largest absolute Gasteiger partial charge is 0.321 e. The van der Waals surface area contributed by atoms with Crippen LogP contribution in [0.1, 0.15) is 39.5 Å². The van der Waals surface area contributed by atoms with Crippen molar-refractivity contribution in [3.05, 3.63) is 88.5 Å². The summed E-state index contributed by atoms with van der Waals surface area (Å²) in [5.41, 5.74) is 5.46. The van der Waals surface area contributed by atoms with Crippen LogP contribution in [-0.4, -0.2) is 21.4 Å². The zero-order valence-corrected chi connectivity index (χ0v) is 19.4. The molecule has 0 aliphatic carbocycles. The molecule has 3 aromatic rings. The zero-order valence-electron chi connectivity index (χ0n) is 18.6. The smallest absolute Gasteiger partial charge is 0.264 e. The first-order valence-electron chi connectivity index (χ1n) is 10.2. The Morgan fingerprint density at radius 2 is 1.61 bits per heavy atom. The number of hydrogen-bond donors (Lipinski definition) is 1. The average molecular weight is 437 g/mol. The lowest BCUT2D eigenvalue weighted by atomic mass is 10.0. The number of benzene rings is 3. The first kappa shape index (κ1) is 22.6.